The van der Waals surface area contributed by atoms with Gasteiger partial charge in [-0.2, -0.15) is 0 Å². The van der Waals surface area contributed by atoms with Crippen molar-refractivity contribution in [3.8, 4) is 23.0 Å². The van der Waals surface area contributed by atoms with Crippen molar-refractivity contribution in [3.63, 3.8) is 0 Å². The molecule has 68 heavy (non-hydrogen) atoms. The van der Waals surface area contributed by atoms with Crippen LogP contribution < -0.4 is 18.9 Å². The van der Waals surface area contributed by atoms with Crippen LogP contribution in [0, 0.1) is 40.5 Å². The molecule has 4 aromatic carbocycles. The van der Waals surface area contributed by atoms with E-state index in [9.17, 15) is 45.3 Å². The van der Waals surface area contributed by atoms with Crippen LogP contribution in [0.4, 0.5) is 22.7 Å². The van der Waals surface area contributed by atoms with Crippen molar-refractivity contribution in [2.75, 3.05) is 33.0 Å². The SMILES string of the molecule is CCCOc1c2cc([N+](=O)[O-])cc1Cc1cc([N+](=O)[O-])cc(c1OCCC)Cc1cc([N+](=O)[O-])cc(c1OCCCCCCCCCCC(=O)OCC)Cc1cc([N+](=O)[O-])cc(c1OCCC)C2. The highest BCUT2D eigenvalue weighted by atomic mass is 16.6. The lowest BCUT2D eigenvalue weighted by molar-refractivity contribution is -0.385. The number of ether oxygens (including phenoxy) is 5. The summed E-state index contributed by atoms with van der Waals surface area (Å²) in [4.78, 5) is 60.0. The van der Waals surface area contributed by atoms with Gasteiger partial charge in [-0.15, -0.1) is 0 Å². The maximum absolute atomic E-state index is 12.7. The third-order valence-corrected chi connectivity index (χ3v) is 11.5. The van der Waals surface area contributed by atoms with Crippen LogP contribution >= 0.6 is 0 Å². The first-order valence-electron chi connectivity index (χ1n) is 23.7. The number of nitro benzene ring substituents is 4. The molecule has 0 atom stereocenters. The Morgan fingerprint density at radius 2 is 0.662 bits per heavy atom. The van der Waals surface area contributed by atoms with Crippen LogP contribution in [0.1, 0.15) is 149 Å². The van der Waals surface area contributed by atoms with E-state index in [0.717, 1.165) is 44.9 Å². The molecule has 0 spiro atoms. The lowest BCUT2D eigenvalue weighted by atomic mass is 9.90. The zero-order valence-electron chi connectivity index (χ0n) is 39.5. The molecule has 0 aliphatic heterocycles. The fraction of sp³-hybridized carbons (Fsp3) is 0.500. The Bertz CT molecular complexity index is 2310. The molecule has 4 aromatic rings. The lowest BCUT2D eigenvalue weighted by Crippen LogP contribution is -2.11. The normalized spacial score (nSPS) is 11.9. The summed E-state index contributed by atoms with van der Waals surface area (Å²) in [7, 11) is 0. The fourth-order valence-electron chi connectivity index (χ4n) is 8.43. The quantitative estimate of drug-likeness (QED) is 0.0217. The van der Waals surface area contributed by atoms with Crippen LogP contribution in [0.25, 0.3) is 0 Å². The highest BCUT2D eigenvalue weighted by molar-refractivity contribution is 5.69. The Labute approximate surface area is 395 Å². The number of carbonyl (C=O) groups is 1. The van der Waals surface area contributed by atoms with Gasteiger partial charge in [0.2, 0.25) is 0 Å². The molecule has 366 valence electrons. The van der Waals surface area contributed by atoms with Gasteiger partial charge in [0.25, 0.3) is 22.7 Å². The highest BCUT2D eigenvalue weighted by Gasteiger charge is 2.29. The van der Waals surface area contributed by atoms with Gasteiger partial charge in [0.05, 0.1) is 52.7 Å². The minimum absolute atomic E-state index is 0.113. The van der Waals surface area contributed by atoms with Gasteiger partial charge in [-0.1, -0.05) is 59.3 Å². The van der Waals surface area contributed by atoms with Crippen molar-refractivity contribution < 1.29 is 48.2 Å². The van der Waals surface area contributed by atoms with E-state index in [1.165, 1.54) is 48.5 Å². The standard InChI is InChI=1S/C50H62N4O14/c1-5-18-65-47-34-22-36-28-43(52(58)59)30-38(48(36)66-19-6-2)24-40-32-45(54(62)63)33-41(50(40)68-21-16-14-12-10-9-11-13-15-17-46(55)64-8-4)25-39-31-44(53(60)61)29-37(49(39)67-20-7-3)23-35(47)27-42(26-34)51(56)57/h26-33H,5-25H2,1-4H3. The number of unbranched alkanes of at least 4 members (excludes halogenated alkanes) is 7. The summed E-state index contributed by atoms with van der Waals surface area (Å²) in [5.41, 5.74) is 1.54. The number of nitro groups is 4. The first kappa shape index (κ1) is 52.1. The molecule has 0 saturated heterocycles. The van der Waals surface area contributed by atoms with Gasteiger partial charge >= 0.3 is 5.97 Å². The van der Waals surface area contributed by atoms with Crippen LogP contribution in [0.2, 0.25) is 0 Å². The molecule has 18 heteroatoms. The maximum Gasteiger partial charge on any atom is 0.305 e. The molecular formula is C50H62N4O14. The van der Waals surface area contributed by atoms with E-state index in [0.29, 0.717) is 89.0 Å². The van der Waals surface area contributed by atoms with E-state index in [1.54, 1.807) is 6.92 Å². The molecule has 18 nitrogen and oxygen atoms in total. The number of non-ortho nitro benzene ring substituents is 4. The molecule has 0 unspecified atom stereocenters. The van der Waals surface area contributed by atoms with E-state index < -0.39 is 19.7 Å². The smallest absolute Gasteiger partial charge is 0.305 e. The van der Waals surface area contributed by atoms with Crippen molar-refractivity contribution in [3.05, 3.63) is 133 Å². The monoisotopic (exact) mass is 942 g/mol. The van der Waals surface area contributed by atoms with E-state index in [-0.39, 0.29) is 98.1 Å². The van der Waals surface area contributed by atoms with Crippen LogP contribution in [0.15, 0.2) is 48.5 Å². The average molecular weight is 943 g/mol. The number of hydrogen-bond donors (Lipinski definition) is 0. The Morgan fingerprint density at radius 1 is 0.412 bits per heavy atom. The Hall–Kier alpha value is -6.85. The maximum atomic E-state index is 12.7. The second-order valence-electron chi connectivity index (χ2n) is 16.9. The molecule has 0 saturated carbocycles. The van der Waals surface area contributed by atoms with Gasteiger partial charge in [0.15, 0.2) is 0 Å². The van der Waals surface area contributed by atoms with Gasteiger partial charge in [0, 0.05) is 125 Å². The highest BCUT2D eigenvalue weighted by Crippen LogP contribution is 2.43. The minimum atomic E-state index is -0.546. The summed E-state index contributed by atoms with van der Waals surface area (Å²) < 4.78 is 30.8. The third kappa shape index (κ3) is 14.3. The summed E-state index contributed by atoms with van der Waals surface area (Å²) in [5.74, 6) is 0.981. The number of benzene rings is 4. The predicted octanol–water partition coefficient (Wildman–Crippen LogP) is 11.8. The Kier molecular flexibility index (Phi) is 19.8. The van der Waals surface area contributed by atoms with Gasteiger partial charge in [-0.05, 0) is 39.0 Å². The summed E-state index contributed by atoms with van der Waals surface area (Å²) in [6, 6.07) is 10.9. The first-order valence-corrected chi connectivity index (χ1v) is 23.7. The second kappa shape index (κ2) is 25.9. The summed E-state index contributed by atoms with van der Waals surface area (Å²) in [5, 5.41) is 50.6. The van der Waals surface area contributed by atoms with Crippen LogP contribution in [0.5, 0.6) is 23.0 Å². The molecule has 5 rings (SSSR count). The number of hydrogen-bond acceptors (Lipinski definition) is 14. The molecule has 1 aliphatic rings. The number of esters is 1. The number of carbonyl (C=O) groups excluding carboxylic acids is 1. The van der Waals surface area contributed by atoms with Crippen molar-refractivity contribution in [1.29, 1.82) is 0 Å². The first-order chi connectivity index (χ1) is 32.8. The molecule has 0 radical (unpaired) electrons. The van der Waals surface area contributed by atoms with E-state index in [1.807, 2.05) is 20.8 Å². The zero-order valence-corrected chi connectivity index (χ0v) is 39.5. The van der Waals surface area contributed by atoms with Crippen molar-refractivity contribution >= 4 is 28.7 Å². The summed E-state index contributed by atoms with van der Waals surface area (Å²) in [6.07, 6.45) is 8.78. The minimum Gasteiger partial charge on any atom is -0.493 e. The van der Waals surface area contributed by atoms with Gasteiger partial charge in [0.1, 0.15) is 23.0 Å². The summed E-state index contributed by atoms with van der Waals surface area (Å²) >= 11 is 0. The van der Waals surface area contributed by atoms with Crippen molar-refractivity contribution in [2.24, 2.45) is 0 Å². The van der Waals surface area contributed by atoms with Crippen LogP contribution in [-0.4, -0.2) is 58.7 Å². The van der Waals surface area contributed by atoms with Crippen molar-refractivity contribution in [1.82, 2.24) is 0 Å². The Balaban J connectivity index is 1.69. The van der Waals surface area contributed by atoms with Crippen LogP contribution in [-0.2, 0) is 35.2 Å². The van der Waals surface area contributed by atoms with Gasteiger partial charge < -0.3 is 23.7 Å². The molecular weight excluding hydrogens is 881 g/mol. The largest absolute Gasteiger partial charge is 0.493 e. The van der Waals surface area contributed by atoms with Gasteiger partial charge in [-0.3, -0.25) is 45.3 Å². The number of nitrogens with zero attached hydrogens (tertiary/aromatic N) is 4. The number of fused-ring (bicyclic) bond motifs is 8. The topological polar surface area (TPSA) is 236 Å². The van der Waals surface area contributed by atoms with E-state index in [2.05, 4.69) is 0 Å². The molecule has 0 aromatic heterocycles. The zero-order chi connectivity index (χ0) is 49.2. The second-order valence-corrected chi connectivity index (χ2v) is 16.9. The van der Waals surface area contributed by atoms with Crippen molar-refractivity contribution in [2.45, 2.75) is 130 Å². The predicted molar refractivity (Wildman–Crippen MR) is 255 cm³/mol. The molecule has 0 fully saturated rings. The third-order valence-electron chi connectivity index (χ3n) is 11.5. The fourth-order valence-corrected chi connectivity index (χ4v) is 8.43. The molecule has 0 N–H and O–H groups in total. The lowest BCUT2D eigenvalue weighted by Gasteiger charge is -2.22. The molecule has 0 amide bonds. The van der Waals surface area contributed by atoms with Crippen LogP contribution in [0.3, 0.4) is 0 Å². The van der Waals surface area contributed by atoms with Gasteiger partial charge in [-0.25, -0.2) is 0 Å². The summed E-state index contributed by atoms with van der Waals surface area (Å²) in [6.45, 7) is 8.73. The molecule has 0 heterocycles. The molecule has 8 bridgehead atoms. The average Bonchev–Trinajstić information content (AvgIpc) is 3.29. The van der Waals surface area contributed by atoms with E-state index in [4.69, 9.17) is 23.7 Å². The molecule has 1 aliphatic carbocycles. The van der Waals surface area contributed by atoms with E-state index >= 15 is 0 Å². The Morgan fingerprint density at radius 3 is 0.912 bits per heavy atom. The number of rotatable bonds is 26.